The summed E-state index contributed by atoms with van der Waals surface area (Å²) in [5.74, 6) is -0.847. The number of carbonyl (C=O) groups excluding carboxylic acids is 2. The summed E-state index contributed by atoms with van der Waals surface area (Å²) in [7, 11) is 0. The van der Waals surface area contributed by atoms with Crippen LogP contribution in [0.15, 0.2) is 48.8 Å². The third-order valence-electron chi connectivity index (χ3n) is 5.71. The van der Waals surface area contributed by atoms with E-state index in [2.05, 4.69) is 22.1 Å². The van der Waals surface area contributed by atoms with E-state index in [1.54, 1.807) is 24.5 Å². The zero-order chi connectivity index (χ0) is 22.5. The molecular formula is C25H28N4O3. The van der Waals surface area contributed by atoms with Gasteiger partial charge in [0.05, 0.1) is 23.0 Å². The lowest BCUT2D eigenvalue weighted by molar-refractivity contribution is -0.124. The molecule has 1 aliphatic rings. The van der Waals surface area contributed by atoms with Gasteiger partial charge < -0.3 is 10.1 Å². The highest BCUT2D eigenvalue weighted by molar-refractivity contribution is 6.06. The Morgan fingerprint density at radius 2 is 2.03 bits per heavy atom. The summed E-state index contributed by atoms with van der Waals surface area (Å²) < 4.78 is 5.77. The van der Waals surface area contributed by atoms with E-state index in [-0.39, 0.29) is 5.91 Å². The maximum Gasteiger partial charge on any atom is 0.340 e. The van der Waals surface area contributed by atoms with Crippen LogP contribution in [0.2, 0.25) is 0 Å². The number of carbonyl (C=O) groups is 2. The Morgan fingerprint density at radius 3 is 2.78 bits per heavy atom. The first kappa shape index (κ1) is 21.9. The number of para-hydroxylation sites is 1. The topological polar surface area (TPSA) is 84.4 Å². The summed E-state index contributed by atoms with van der Waals surface area (Å²) in [5.41, 5.74) is 3.72. The van der Waals surface area contributed by atoms with Crippen LogP contribution < -0.4 is 5.32 Å². The number of amides is 1. The number of esters is 1. The van der Waals surface area contributed by atoms with Crippen LogP contribution in [0.3, 0.4) is 0 Å². The fraction of sp³-hybridized carbons (Fsp3) is 0.360. The second-order valence-electron chi connectivity index (χ2n) is 7.99. The fourth-order valence-corrected chi connectivity index (χ4v) is 4.16. The molecule has 7 nitrogen and oxygen atoms in total. The summed E-state index contributed by atoms with van der Waals surface area (Å²) in [6.07, 6.45) is 4.49. The molecule has 1 aliphatic heterocycles. The van der Waals surface area contributed by atoms with E-state index in [1.165, 1.54) is 0 Å². The number of anilines is 1. The van der Waals surface area contributed by atoms with Crippen molar-refractivity contribution < 1.29 is 14.3 Å². The van der Waals surface area contributed by atoms with Crippen molar-refractivity contribution in [2.45, 2.75) is 45.8 Å². The molecule has 0 fully saturated rings. The molecule has 2 aromatic heterocycles. The molecule has 4 rings (SSSR count). The van der Waals surface area contributed by atoms with Gasteiger partial charge in [-0.05, 0) is 37.6 Å². The van der Waals surface area contributed by atoms with Crippen LogP contribution in [0, 0.1) is 0 Å². The van der Waals surface area contributed by atoms with Crippen LogP contribution in [0.25, 0.3) is 10.9 Å². The number of benzene rings is 1. The predicted octanol–water partition coefficient (Wildman–Crippen LogP) is 3.97. The standard InChI is InChI=1S/C25H28N4O3/c1-3-13-29-14-11-21-19(16-29)23(18-9-5-6-10-20(18)28-21)25(31)32-22(4-2)24(30)27-17-8-7-12-26-15-17/h5-10,12,15,22H,3-4,11,13-14,16H2,1-2H3,(H,27,30). The van der Waals surface area contributed by atoms with E-state index in [4.69, 9.17) is 9.72 Å². The first-order chi connectivity index (χ1) is 15.6. The first-order valence-corrected chi connectivity index (χ1v) is 11.1. The Balaban J connectivity index is 1.65. The molecule has 3 heterocycles. The second-order valence-corrected chi connectivity index (χ2v) is 7.99. The summed E-state index contributed by atoms with van der Waals surface area (Å²) in [6, 6.07) is 11.1. The summed E-state index contributed by atoms with van der Waals surface area (Å²) in [5, 5.41) is 3.54. The van der Waals surface area contributed by atoms with Gasteiger partial charge in [-0.25, -0.2) is 4.79 Å². The molecule has 0 bridgehead atoms. The molecule has 32 heavy (non-hydrogen) atoms. The van der Waals surface area contributed by atoms with Gasteiger partial charge in [-0.1, -0.05) is 32.0 Å². The van der Waals surface area contributed by atoms with Gasteiger partial charge in [-0.15, -0.1) is 0 Å². The third-order valence-corrected chi connectivity index (χ3v) is 5.71. The molecule has 3 aromatic rings. The number of hydrogen-bond acceptors (Lipinski definition) is 6. The number of hydrogen-bond donors (Lipinski definition) is 1. The van der Waals surface area contributed by atoms with Crippen molar-refractivity contribution in [1.29, 1.82) is 0 Å². The van der Waals surface area contributed by atoms with Gasteiger partial charge in [0, 0.05) is 42.4 Å². The number of nitrogens with zero attached hydrogens (tertiary/aromatic N) is 3. The third kappa shape index (κ3) is 4.62. The summed E-state index contributed by atoms with van der Waals surface area (Å²) >= 11 is 0. The molecule has 1 aromatic carbocycles. The predicted molar refractivity (Wildman–Crippen MR) is 123 cm³/mol. The number of fused-ring (bicyclic) bond motifs is 2. The Morgan fingerprint density at radius 1 is 1.19 bits per heavy atom. The highest BCUT2D eigenvalue weighted by Crippen LogP contribution is 2.29. The maximum absolute atomic E-state index is 13.5. The van der Waals surface area contributed by atoms with Gasteiger partial charge in [0.25, 0.3) is 5.91 Å². The number of nitrogens with one attached hydrogen (secondary N) is 1. The van der Waals surface area contributed by atoms with Crippen molar-refractivity contribution in [1.82, 2.24) is 14.9 Å². The van der Waals surface area contributed by atoms with Gasteiger partial charge >= 0.3 is 5.97 Å². The first-order valence-electron chi connectivity index (χ1n) is 11.1. The Hall–Kier alpha value is -3.32. The SMILES string of the molecule is CCCN1CCc2nc3ccccc3c(C(=O)OC(CC)C(=O)Nc3cccnc3)c2C1. The molecule has 0 saturated carbocycles. The van der Waals surface area contributed by atoms with Gasteiger partial charge in [-0.2, -0.15) is 0 Å². The van der Waals surface area contributed by atoms with E-state index in [1.807, 2.05) is 31.2 Å². The molecule has 1 atom stereocenters. The van der Waals surface area contributed by atoms with Gasteiger partial charge in [0.2, 0.25) is 0 Å². The number of aromatic nitrogens is 2. The molecule has 0 spiro atoms. The van der Waals surface area contributed by atoms with Crippen molar-refractivity contribution in [3.63, 3.8) is 0 Å². The average molecular weight is 433 g/mol. The number of ether oxygens (including phenoxy) is 1. The molecule has 166 valence electrons. The van der Waals surface area contributed by atoms with E-state index >= 15 is 0 Å². The average Bonchev–Trinajstić information content (AvgIpc) is 2.81. The molecule has 1 amide bonds. The molecule has 1 N–H and O–H groups in total. The largest absolute Gasteiger partial charge is 0.449 e. The minimum Gasteiger partial charge on any atom is -0.449 e. The van der Waals surface area contributed by atoms with E-state index < -0.39 is 12.1 Å². The minimum atomic E-state index is -0.902. The molecular weight excluding hydrogens is 404 g/mol. The van der Waals surface area contributed by atoms with E-state index in [9.17, 15) is 9.59 Å². The number of pyridine rings is 2. The Labute approximate surface area is 187 Å². The normalized spacial score (nSPS) is 14.6. The fourth-order valence-electron chi connectivity index (χ4n) is 4.16. The van der Waals surface area contributed by atoms with Crippen LogP contribution in [0.4, 0.5) is 5.69 Å². The minimum absolute atomic E-state index is 0.366. The van der Waals surface area contributed by atoms with Crippen molar-refractivity contribution in [2.24, 2.45) is 0 Å². The quantitative estimate of drug-likeness (QED) is 0.569. The zero-order valence-electron chi connectivity index (χ0n) is 18.5. The Kier molecular flexibility index (Phi) is 6.75. The van der Waals surface area contributed by atoms with E-state index in [0.717, 1.165) is 48.1 Å². The molecule has 1 unspecified atom stereocenters. The van der Waals surface area contributed by atoms with Crippen LogP contribution in [-0.2, 0) is 22.5 Å². The van der Waals surface area contributed by atoms with Crippen LogP contribution >= 0.6 is 0 Å². The van der Waals surface area contributed by atoms with Crippen molar-refractivity contribution >= 4 is 28.5 Å². The van der Waals surface area contributed by atoms with Crippen LogP contribution in [0.5, 0.6) is 0 Å². The lowest BCUT2D eigenvalue weighted by atomic mass is 9.95. The summed E-state index contributed by atoms with van der Waals surface area (Å²) in [4.78, 5) is 37.4. The zero-order valence-corrected chi connectivity index (χ0v) is 18.5. The second kappa shape index (κ2) is 9.87. The number of rotatable bonds is 7. The molecule has 0 radical (unpaired) electrons. The van der Waals surface area contributed by atoms with Gasteiger partial charge in [0.1, 0.15) is 0 Å². The summed E-state index contributed by atoms with van der Waals surface area (Å²) in [6.45, 7) is 6.52. The molecule has 7 heteroatoms. The lowest BCUT2D eigenvalue weighted by Crippen LogP contribution is -2.35. The smallest absolute Gasteiger partial charge is 0.340 e. The van der Waals surface area contributed by atoms with Crippen molar-refractivity contribution in [3.05, 3.63) is 65.6 Å². The van der Waals surface area contributed by atoms with E-state index in [0.29, 0.717) is 24.2 Å². The van der Waals surface area contributed by atoms with Gasteiger partial charge in [0.15, 0.2) is 6.10 Å². The Bertz CT molecular complexity index is 1120. The highest BCUT2D eigenvalue weighted by Gasteiger charge is 2.29. The monoisotopic (exact) mass is 432 g/mol. The van der Waals surface area contributed by atoms with Crippen LogP contribution in [-0.4, -0.2) is 45.9 Å². The van der Waals surface area contributed by atoms with Crippen molar-refractivity contribution in [2.75, 3.05) is 18.4 Å². The highest BCUT2D eigenvalue weighted by atomic mass is 16.5. The molecule has 0 saturated heterocycles. The maximum atomic E-state index is 13.5. The van der Waals surface area contributed by atoms with Crippen molar-refractivity contribution in [3.8, 4) is 0 Å². The molecule has 0 aliphatic carbocycles. The van der Waals surface area contributed by atoms with Gasteiger partial charge in [-0.3, -0.25) is 19.7 Å². The van der Waals surface area contributed by atoms with Crippen LogP contribution in [0.1, 0.15) is 48.3 Å². The lowest BCUT2D eigenvalue weighted by Gasteiger charge is -2.30.